The van der Waals surface area contributed by atoms with E-state index in [9.17, 15) is 31.3 Å². The molecule has 0 atom stereocenters. The number of rotatable bonds is 5. The van der Waals surface area contributed by atoms with Crippen molar-refractivity contribution in [2.75, 3.05) is 0 Å². The van der Waals surface area contributed by atoms with Crippen LogP contribution in [0.2, 0.25) is 0 Å². The van der Waals surface area contributed by atoms with E-state index in [1.54, 1.807) is 6.92 Å². The van der Waals surface area contributed by atoms with Gasteiger partial charge in [0.05, 0.1) is 22.5 Å². The van der Waals surface area contributed by atoms with Crippen LogP contribution in [0.5, 0.6) is 5.75 Å². The summed E-state index contributed by atoms with van der Waals surface area (Å²) in [6, 6.07) is 12.1. The van der Waals surface area contributed by atoms with Crippen molar-refractivity contribution in [2.24, 2.45) is 10.2 Å². The Labute approximate surface area is 209 Å². The van der Waals surface area contributed by atoms with Gasteiger partial charge in [-0.25, -0.2) is 9.82 Å². The summed E-state index contributed by atoms with van der Waals surface area (Å²) in [4.78, 5) is 12.4. The zero-order valence-corrected chi connectivity index (χ0v) is 20.4. The SMILES string of the molecule is Cc1[nH]n(-c2cccc(S([NH3+])(=O)=O)c2)c(=O)c1N=Nc1cccc2c(S(=O)(=O)O)ccc(O)c12.[Cu]. The number of benzene rings is 3. The third kappa shape index (κ3) is 5.05. The molecule has 0 amide bonds. The quantitative estimate of drug-likeness (QED) is 0.160. The first-order valence-electron chi connectivity index (χ1n) is 9.52. The van der Waals surface area contributed by atoms with Gasteiger partial charge in [-0.2, -0.15) is 16.8 Å². The van der Waals surface area contributed by atoms with Crippen molar-refractivity contribution in [3.63, 3.8) is 0 Å². The van der Waals surface area contributed by atoms with Crippen molar-refractivity contribution < 1.29 is 48.7 Å². The zero-order valence-electron chi connectivity index (χ0n) is 17.8. The average molecular weight is 568 g/mol. The smallest absolute Gasteiger partial charge is 0.322 e. The number of aromatic nitrogens is 2. The van der Waals surface area contributed by atoms with Crippen LogP contribution in [0, 0.1) is 6.92 Å². The second kappa shape index (κ2) is 9.37. The maximum absolute atomic E-state index is 12.9. The number of aromatic amines is 1. The summed E-state index contributed by atoms with van der Waals surface area (Å²) in [5.41, 5.74) is -0.106. The van der Waals surface area contributed by atoms with Gasteiger partial charge in [0.1, 0.15) is 15.5 Å². The van der Waals surface area contributed by atoms with Crippen LogP contribution in [0.1, 0.15) is 5.69 Å². The average Bonchev–Trinajstić information content (AvgIpc) is 3.04. The summed E-state index contributed by atoms with van der Waals surface area (Å²) in [6.45, 7) is 1.56. The molecule has 0 bridgehead atoms. The summed E-state index contributed by atoms with van der Waals surface area (Å²) in [7, 11) is -8.31. The largest absolute Gasteiger partial charge is 0.507 e. The van der Waals surface area contributed by atoms with Crippen LogP contribution < -0.4 is 10.7 Å². The molecule has 0 saturated heterocycles. The number of phenols is 1. The van der Waals surface area contributed by atoms with Crippen molar-refractivity contribution in [3.05, 3.63) is 70.6 Å². The van der Waals surface area contributed by atoms with Gasteiger partial charge in [0.2, 0.25) is 0 Å². The molecule has 12 nitrogen and oxygen atoms in total. The van der Waals surface area contributed by atoms with Gasteiger partial charge >= 0.3 is 10.0 Å². The first-order chi connectivity index (χ1) is 15.9. The number of azo groups is 1. The number of fused-ring (bicyclic) bond motifs is 1. The molecule has 3 aromatic carbocycles. The topological polar surface area (TPSA) is 199 Å². The van der Waals surface area contributed by atoms with Crippen molar-refractivity contribution in [1.29, 1.82) is 0 Å². The first-order valence-corrected chi connectivity index (χ1v) is 12.6. The molecule has 0 fully saturated rings. The number of nitrogens with zero attached hydrogens (tertiary/aromatic N) is 3. The predicted octanol–water partition coefficient (Wildman–Crippen LogP) is 1.92. The van der Waals surface area contributed by atoms with Gasteiger partial charge in [-0.05, 0) is 43.3 Å². The van der Waals surface area contributed by atoms with Gasteiger partial charge < -0.3 is 5.11 Å². The van der Waals surface area contributed by atoms with Crippen LogP contribution in [-0.4, -0.2) is 36.3 Å². The zero-order chi connectivity index (χ0) is 24.8. The first kappa shape index (κ1) is 26.3. The van der Waals surface area contributed by atoms with Crippen LogP contribution in [0.4, 0.5) is 11.4 Å². The molecule has 1 radical (unpaired) electrons. The number of hydrogen-bond acceptors (Lipinski definition) is 8. The van der Waals surface area contributed by atoms with Gasteiger partial charge in [-0.15, -0.1) is 10.2 Å². The fraction of sp³-hybridized carbons (Fsp3) is 0.0500. The molecule has 4 aromatic rings. The fourth-order valence-electron chi connectivity index (χ4n) is 3.41. The minimum atomic E-state index is -4.57. The summed E-state index contributed by atoms with van der Waals surface area (Å²) >= 11 is 0. The molecule has 35 heavy (non-hydrogen) atoms. The van der Waals surface area contributed by atoms with Crippen molar-refractivity contribution in [1.82, 2.24) is 9.78 Å². The number of hydrogen-bond donors (Lipinski definition) is 4. The van der Waals surface area contributed by atoms with Crippen LogP contribution in [0.3, 0.4) is 0 Å². The maximum Gasteiger partial charge on any atom is 0.322 e. The molecule has 15 heteroatoms. The Morgan fingerprint density at radius 1 is 1.00 bits per heavy atom. The van der Waals surface area contributed by atoms with E-state index in [4.69, 9.17) is 0 Å². The Kier molecular flexibility index (Phi) is 7.04. The molecule has 0 spiro atoms. The molecule has 4 rings (SSSR count). The Bertz CT molecular complexity index is 1760. The number of nitrogens with one attached hydrogen (secondary N) is 1. The van der Waals surface area contributed by atoms with Gasteiger partial charge in [-0.3, -0.25) is 14.4 Å². The van der Waals surface area contributed by atoms with Crippen molar-refractivity contribution in [2.45, 2.75) is 16.7 Å². The third-order valence-electron chi connectivity index (χ3n) is 4.97. The van der Waals surface area contributed by atoms with E-state index in [0.717, 1.165) is 16.8 Å². The van der Waals surface area contributed by atoms with E-state index in [2.05, 4.69) is 20.5 Å². The van der Waals surface area contributed by atoms with Gasteiger partial charge in [0, 0.05) is 22.5 Å². The van der Waals surface area contributed by atoms with Gasteiger partial charge in [0.15, 0.2) is 5.69 Å². The number of aryl methyl sites for hydroxylation is 1. The monoisotopic (exact) mass is 567 g/mol. The molecule has 1 aromatic heterocycles. The molecular formula is C20H18CuN5O7S2+. The van der Waals surface area contributed by atoms with Crippen LogP contribution in [0.15, 0.2) is 79.4 Å². The third-order valence-corrected chi connectivity index (χ3v) is 6.85. The Morgan fingerprint density at radius 2 is 1.69 bits per heavy atom. The maximum atomic E-state index is 12.9. The Hall–Kier alpha value is -3.33. The molecular weight excluding hydrogens is 550 g/mol. The minimum Gasteiger partial charge on any atom is -0.507 e. The van der Waals surface area contributed by atoms with Crippen molar-refractivity contribution in [3.8, 4) is 11.4 Å². The van der Waals surface area contributed by atoms with Crippen LogP contribution >= 0.6 is 0 Å². The summed E-state index contributed by atoms with van der Waals surface area (Å²) in [6.07, 6.45) is 0. The normalized spacial score (nSPS) is 12.2. The number of phenolic OH excluding ortho intramolecular Hbond substituents is 1. The minimum absolute atomic E-state index is 0. The van der Waals surface area contributed by atoms with Gasteiger partial charge in [0.25, 0.3) is 15.7 Å². The number of H-pyrrole nitrogens is 1. The molecule has 1 heterocycles. The summed E-state index contributed by atoms with van der Waals surface area (Å²) in [5.74, 6) is -0.300. The summed E-state index contributed by atoms with van der Waals surface area (Å²) < 4.78 is 57.4. The molecule has 0 saturated carbocycles. The molecule has 187 valence electrons. The Balaban J connectivity index is 0.00000342. The molecule has 0 aliphatic rings. The van der Waals surface area contributed by atoms with E-state index in [1.807, 2.05) is 0 Å². The molecule has 0 unspecified atom stereocenters. The second-order valence-corrected chi connectivity index (χ2v) is 10.4. The van der Waals surface area contributed by atoms with E-state index in [1.165, 1.54) is 42.5 Å². The summed E-state index contributed by atoms with van der Waals surface area (Å²) in [5, 5.41) is 24.2. The van der Waals surface area contributed by atoms with E-state index in [0.29, 0.717) is 5.69 Å². The molecule has 0 aliphatic carbocycles. The Morgan fingerprint density at radius 3 is 2.34 bits per heavy atom. The van der Waals surface area contributed by atoms with E-state index in [-0.39, 0.29) is 55.5 Å². The second-order valence-electron chi connectivity index (χ2n) is 7.30. The van der Waals surface area contributed by atoms with E-state index >= 15 is 0 Å². The standard InChI is InChI=1S/C20H17N5O7S2.Cu/c1-11-19(20(27)25(24-11)12-4-2-5-13(10-12)33(21,28)29)23-22-15-7-3-6-14-17(34(30,31)32)9-8-16(26)18(14)15;/h2-10,24,26H,1H3,(H2,21,28,29)(H,30,31,32);/p+1. The fourth-order valence-corrected chi connectivity index (χ4v) is 4.68. The number of aromatic hydroxyl groups is 1. The van der Waals surface area contributed by atoms with Crippen LogP contribution in [0.25, 0.3) is 16.5 Å². The number of sulfonamides is 1. The molecule has 0 aliphatic heterocycles. The van der Waals surface area contributed by atoms with E-state index < -0.39 is 30.6 Å². The van der Waals surface area contributed by atoms with Gasteiger partial charge in [-0.1, -0.05) is 18.2 Å². The number of quaternary nitrogens is 1. The van der Waals surface area contributed by atoms with Crippen LogP contribution in [-0.2, 0) is 37.2 Å². The van der Waals surface area contributed by atoms with Crippen molar-refractivity contribution >= 4 is 42.3 Å². The molecule has 6 N–H and O–H groups in total. The predicted molar refractivity (Wildman–Crippen MR) is 121 cm³/mol.